The zero-order valence-corrected chi connectivity index (χ0v) is 11.4. The van der Waals surface area contributed by atoms with Crippen LogP contribution in [0.25, 0.3) is 0 Å². The third-order valence-electron chi connectivity index (χ3n) is 3.14. The SMILES string of the molecule is O=C(CCc1ccco1)NCc1csc(C2CC2)n1. The van der Waals surface area contributed by atoms with Crippen molar-refractivity contribution >= 4 is 17.2 Å². The average Bonchev–Trinajstić information content (AvgIpc) is 2.95. The highest BCUT2D eigenvalue weighted by Crippen LogP contribution is 2.41. The van der Waals surface area contributed by atoms with Crippen LogP contribution in [0.5, 0.6) is 0 Å². The van der Waals surface area contributed by atoms with Crippen molar-refractivity contribution in [2.75, 3.05) is 0 Å². The van der Waals surface area contributed by atoms with E-state index in [2.05, 4.69) is 10.3 Å². The first-order valence-corrected chi connectivity index (χ1v) is 7.42. The van der Waals surface area contributed by atoms with Gasteiger partial charge in [0, 0.05) is 24.1 Å². The van der Waals surface area contributed by atoms with Crippen molar-refractivity contribution in [3.63, 3.8) is 0 Å². The van der Waals surface area contributed by atoms with Crippen LogP contribution in [0, 0.1) is 0 Å². The van der Waals surface area contributed by atoms with Gasteiger partial charge in [0.25, 0.3) is 0 Å². The van der Waals surface area contributed by atoms with Crippen molar-refractivity contribution in [3.8, 4) is 0 Å². The van der Waals surface area contributed by atoms with Gasteiger partial charge in [-0.15, -0.1) is 11.3 Å². The molecule has 0 spiro atoms. The van der Waals surface area contributed by atoms with Crippen LogP contribution in [0.1, 0.15) is 41.6 Å². The Kier molecular flexibility index (Phi) is 3.64. The fraction of sp³-hybridized carbons (Fsp3) is 0.429. The van der Waals surface area contributed by atoms with Crippen molar-refractivity contribution in [2.45, 2.75) is 38.1 Å². The molecule has 4 nitrogen and oxygen atoms in total. The first-order chi connectivity index (χ1) is 9.31. The van der Waals surface area contributed by atoms with Crippen LogP contribution < -0.4 is 5.32 Å². The quantitative estimate of drug-likeness (QED) is 0.882. The minimum Gasteiger partial charge on any atom is -0.469 e. The number of hydrogen-bond donors (Lipinski definition) is 1. The van der Waals surface area contributed by atoms with E-state index < -0.39 is 0 Å². The summed E-state index contributed by atoms with van der Waals surface area (Å²) in [5.74, 6) is 1.57. The van der Waals surface area contributed by atoms with Crippen molar-refractivity contribution in [1.29, 1.82) is 0 Å². The molecule has 0 saturated heterocycles. The lowest BCUT2D eigenvalue weighted by molar-refractivity contribution is -0.121. The standard InChI is InChI=1S/C14H16N2O2S/c17-13(6-5-12-2-1-7-18-12)15-8-11-9-19-14(16-11)10-3-4-10/h1-2,7,9-10H,3-6,8H2,(H,15,17). The number of thiazole rings is 1. The van der Waals surface area contributed by atoms with E-state index in [4.69, 9.17) is 4.42 Å². The van der Waals surface area contributed by atoms with Gasteiger partial charge in [-0.1, -0.05) is 0 Å². The van der Waals surface area contributed by atoms with Gasteiger partial charge in [0.1, 0.15) is 5.76 Å². The molecule has 100 valence electrons. The molecule has 0 bridgehead atoms. The van der Waals surface area contributed by atoms with Crippen LogP contribution in [0.15, 0.2) is 28.2 Å². The summed E-state index contributed by atoms with van der Waals surface area (Å²) >= 11 is 1.71. The van der Waals surface area contributed by atoms with Gasteiger partial charge < -0.3 is 9.73 Å². The highest BCUT2D eigenvalue weighted by Gasteiger charge is 2.26. The molecule has 0 unspecified atom stereocenters. The molecule has 1 aliphatic rings. The number of amides is 1. The molecule has 0 atom stereocenters. The van der Waals surface area contributed by atoms with Crippen LogP contribution >= 0.6 is 11.3 Å². The van der Waals surface area contributed by atoms with Gasteiger partial charge in [0.15, 0.2) is 0 Å². The Hall–Kier alpha value is -1.62. The van der Waals surface area contributed by atoms with Crippen molar-refractivity contribution in [3.05, 3.63) is 40.2 Å². The Labute approximate surface area is 115 Å². The number of carbonyl (C=O) groups is 1. The third-order valence-corrected chi connectivity index (χ3v) is 4.20. The number of nitrogens with one attached hydrogen (secondary N) is 1. The van der Waals surface area contributed by atoms with E-state index in [1.54, 1.807) is 17.6 Å². The number of furan rings is 1. The molecule has 1 aliphatic carbocycles. The molecular weight excluding hydrogens is 260 g/mol. The van der Waals surface area contributed by atoms with Crippen molar-refractivity contribution in [2.24, 2.45) is 0 Å². The van der Waals surface area contributed by atoms with Crippen LogP contribution in [0.4, 0.5) is 0 Å². The molecule has 19 heavy (non-hydrogen) atoms. The number of carbonyl (C=O) groups excluding carboxylic acids is 1. The summed E-state index contributed by atoms with van der Waals surface area (Å²) in [5, 5.41) is 6.16. The normalized spacial score (nSPS) is 14.5. The highest BCUT2D eigenvalue weighted by atomic mass is 32.1. The summed E-state index contributed by atoms with van der Waals surface area (Å²) < 4.78 is 5.19. The lowest BCUT2D eigenvalue weighted by Gasteiger charge is -2.02. The molecule has 2 aromatic heterocycles. The molecular formula is C14H16N2O2S. The van der Waals surface area contributed by atoms with Crippen molar-refractivity contribution in [1.82, 2.24) is 10.3 Å². The van der Waals surface area contributed by atoms with E-state index in [1.807, 2.05) is 17.5 Å². The number of aryl methyl sites for hydroxylation is 1. The topological polar surface area (TPSA) is 55.1 Å². The molecule has 3 rings (SSSR count). The van der Waals surface area contributed by atoms with E-state index in [0.29, 0.717) is 25.3 Å². The van der Waals surface area contributed by atoms with Gasteiger partial charge in [0.05, 0.1) is 23.5 Å². The molecule has 0 aliphatic heterocycles. The van der Waals surface area contributed by atoms with Crippen LogP contribution in [-0.4, -0.2) is 10.9 Å². The summed E-state index contributed by atoms with van der Waals surface area (Å²) in [4.78, 5) is 16.2. The lowest BCUT2D eigenvalue weighted by atomic mass is 10.2. The molecule has 2 heterocycles. The monoisotopic (exact) mass is 276 g/mol. The minimum atomic E-state index is 0.0392. The molecule has 0 aromatic carbocycles. The van der Waals surface area contributed by atoms with Crippen molar-refractivity contribution < 1.29 is 9.21 Å². The second-order valence-corrected chi connectivity index (χ2v) is 5.70. The second-order valence-electron chi connectivity index (χ2n) is 4.81. The summed E-state index contributed by atoms with van der Waals surface area (Å²) in [6.07, 6.45) is 5.25. The number of nitrogens with zero attached hydrogens (tertiary/aromatic N) is 1. The van der Waals surface area contributed by atoms with Gasteiger partial charge >= 0.3 is 0 Å². The Morgan fingerprint density at radius 2 is 2.42 bits per heavy atom. The number of aromatic nitrogens is 1. The molecule has 1 saturated carbocycles. The van der Waals surface area contributed by atoms with Crippen LogP contribution in [0.3, 0.4) is 0 Å². The Balaban J connectivity index is 1.41. The van der Waals surface area contributed by atoms with Gasteiger partial charge in [-0.2, -0.15) is 0 Å². The zero-order valence-electron chi connectivity index (χ0n) is 10.6. The fourth-order valence-electron chi connectivity index (χ4n) is 1.89. The summed E-state index contributed by atoms with van der Waals surface area (Å²) in [7, 11) is 0. The number of hydrogen-bond acceptors (Lipinski definition) is 4. The van der Waals surface area contributed by atoms with E-state index in [1.165, 1.54) is 17.8 Å². The smallest absolute Gasteiger partial charge is 0.220 e. The minimum absolute atomic E-state index is 0.0392. The first kappa shape index (κ1) is 12.4. The highest BCUT2D eigenvalue weighted by molar-refractivity contribution is 7.09. The molecule has 1 amide bonds. The van der Waals surface area contributed by atoms with Crippen LogP contribution in [-0.2, 0) is 17.8 Å². The van der Waals surface area contributed by atoms with Gasteiger partial charge in [0.2, 0.25) is 5.91 Å². The maximum atomic E-state index is 11.7. The number of rotatable bonds is 6. The largest absolute Gasteiger partial charge is 0.469 e. The zero-order chi connectivity index (χ0) is 13.1. The van der Waals surface area contributed by atoms with Gasteiger partial charge in [-0.25, -0.2) is 4.98 Å². The summed E-state index contributed by atoms with van der Waals surface area (Å²) in [6, 6.07) is 3.72. The predicted molar refractivity (Wildman–Crippen MR) is 73.0 cm³/mol. The fourth-order valence-corrected chi connectivity index (χ4v) is 2.88. The Bertz CT molecular complexity index is 544. The first-order valence-electron chi connectivity index (χ1n) is 6.54. The molecule has 1 N–H and O–H groups in total. The summed E-state index contributed by atoms with van der Waals surface area (Å²) in [6.45, 7) is 0.528. The molecule has 2 aromatic rings. The van der Waals surface area contributed by atoms with Gasteiger partial charge in [-0.05, 0) is 25.0 Å². The third kappa shape index (κ3) is 3.44. The molecule has 1 fully saturated rings. The van der Waals surface area contributed by atoms with E-state index in [9.17, 15) is 4.79 Å². The maximum absolute atomic E-state index is 11.7. The summed E-state index contributed by atoms with van der Waals surface area (Å²) in [5.41, 5.74) is 0.971. The van der Waals surface area contributed by atoms with E-state index in [0.717, 1.165) is 11.5 Å². The second kappa shape index (κ2) is 5.57. The Morgan fingerprint density at radius 1 is 1.53 bits per heavy atom. The average molecular weight is 276 g/mol. The van der Waals surface area contributed by atoms with Gasteiger partial charge in [-0.3, -0.25) is 4.79 Å². The lowest BCUT2D eigenvalue weighted by Crippen LogP contribution is -2.23. The maximum Gasteiger partial charge on any atom is 0.220 e. The molecule has 5 heteroatoms. The van der Waals surface area contributed by atoms with E-state index in [-0.39, 0.29) is 5.91 Å². The predicted octanol–water partition coefficient (Wildman–Crippen LogP) is 2.86. The Morgan fingerprint density at radius 3 is 3.16 bits per heavy atom. The van der Waals surface area contributed by atoms with E-state index >= 15 is 0 Å². The van der Waals surface area contributed by atoms with Crippen LogP contribution in [0.2, 0.25) is 0 Å². The molecule has 0 radical (unpaired) electrons.